The summed E-state index contributed by atoms with van der Waals surface area (Å²) in [6.07, 6.45) is -6.24. The molecule has 12 heteroatoms. The van der Waals surface area contributed by atoms with Crippen molar-refractivity contribution in [3.8, 4) is 11.4 Å². The molecule has 0 unspecified atom stereocenters. The first-order chi connectivity index (χ1) is 15.6. The van der Waals surface area contributed by atoms with Crippen molar-refractivity contribution in [2.24, 2.45) is 0 Å². The van der Waals surface area contributed by atoms with Crippen molar-refractivity contribution in [2.75, 3.05) is 5.32 Å². The molecule has 0 aliphatic carbocycles. The van der Waals surface area contributed by atoms with E-state index in [1.807, 2.05) is 0 Å². The summed E-state index contributed by atoms with van der Waals surface area (Å²) in [6, 6.07) is 7.00. The largest absolute Gasteiger partial charge is 0.417 e. The monoisotopic (exact) mass is 460 g/mol. The molecule has 33 heavy (non-hydrogen) atoms. The van der Waals surface area contributed by atoms with Crippen LogP contribution in [0.5, 0.6) is 0 Å². The number of pyridine rings is 4. The van der Waals surface area contributed by atoms with Crippen LogP contribution in [0.1, 0.15) is 11.1 Å². The molecule has 0 amide bonds. The number of hydrogen-bond acceptors (Lipinski definition) is 5. The number of aromatic nitrogens is 4. The third-order valence-electron chi connectivity index (χ3n) is 4.51. The van der Waals surface area contributed by atoms with Gasteiger partial charge >= 0.3 is 12.4 Å². The Bertz CT molecular complexity index is 1370. The number of alkyl halides is 6. The zero-order valence-electron chi connectivity index (χ0n) is 16.2. The Morgan fingerprint density at radius 1 is 0.848 bits per heavy atom. The van der Waals surface area contributed by atoms with Gasteiger partial charge in [0.2, 0.25) is 5.69 Å². The van der Waals surface area contributed by atoms with Gasteiger partial charge in [-0.15, -0.1) is 0 Å². The summed E-state index contributed by atoms with van der Waals surface area (Å²) < 4.78 is 78.6. The molecule has 166 valence electrons. The molecule has 4 aromatic heterocycles. The number of fused-ring (bicyclic) bond motifs is 1. The fraction of sp³-hybridized carbons (Fsp3) is 0.0952. The number of nitrogens with zero attached hydrogens (tertiary/aromatic N) is 5. The third-order valence-corrected chi connectivity index (χ3v) is 4.51. The number of halogens is 6. The minimum Gasteiger partial charge on any atom is -0.340 e. The van der Waals surface area contributed by atoms with Crippen LogP contribution in [0.4, 0.5) is 43.5 Å². The fourth-order valence-electron chi connectivity index (χ4n) is 2.98. The van der Waals surface area contributed by atoms with E-state index in [9.17, 15) is 26.3 Å². The van der Waals surface area contributed by atoms with Crippen LogP contribution in [-0.4, -0.2) is 19.9 Å². The molecule has 0 fully saturated rings. The van der Waals surface area contributed by atoms with E-state index >= 15 is 0 Å². The highest BCUT2D eigenvalue weighted by Gasteiger charge is 2.35. The highest BCUT2D eigenvalue weighted by Crippen LogP contribution is 2.38. The summed E-state index contributed by atoms with van der Waals surface area (Å²) in [5.41, 5.74) is -2.37. The molecule has 4 aromatic rings. The van der Waals surface area contributed by atoms with Gasteiger partial charge in [0, 0.05) is 24.0 Å². The number of rotatable bonds is 3. The minimum atomic E-state index is -4.76. The Morgan fingerprint density at radius 3 is 2.27 bits per heavy atom. The second-order valence-corrected chi connectivity index (χ2v) is 6.68. The molecule has 1 N–H and O–H groups in total. The van der Waals surface area contributed by atoms with E-state index in [0.29, 0.717) is 23.3 Å². The van der Waals surface area contributed by atoms with Gasteiger partial charge in [0.1, 0.15) is 5.82 Å². The molecule has 0 radical (unpaired) electrons. The predicted molar refractivity (Wildman–Crippen MR) is 107 cm³/mol. The number of anilines is 2. The van der Waals surface area contributed by atoms with Crippen molar-refractivity contribution < 1.29 is 26.3 Å². The quantitative estimate of drug-likeness (QED) is 0.282. The van der Waals surface area contributed by atoms with Crippen molar-refractivity contribution in [1.29, 1.82) is 0 Å². The summed E-state index contributed by atoms with van der Waals surface area (Å²) in [5.74, 6) is 0.121. The molecule has 0 saturated heterocycles. The standard InChI is InChI=1S/C21H10F6N6/c1-28-12-8-14(21(25,26)27)18(31-10-12)16-4-3-13-15(6-7-29-19(13)33-16)32-17-5-2-11(9-30-17)20(22,23)24/h2-10H,(H,29,30,32,33). The second-order valence-electron chi connectivity index (χ2n) is 6.68. The van der Waals surface area contributed by atoms with E-state index in [0.717, 1.165) is 18.3 Å². The first kappa shape index (κ1) is 21.9. The Morgan fingerprint density at radius 2 is 1.64 bits per heavy atom. The fourth-order valence-corrected chi connectivity index (χ4v) is 2.98. The van der Waals surface area contributed by atoms with Crippen molar-refractivity contribution in [3.05, 3.63) is 77.5 Å². The van der Waals surface area contributed by atoms with Crippen LogP contribution in [0.3, 0.4) is 0 Å². The Labute approximate surface area is 181 Å². The minimum absolute atomic E-state index is 0.0774. The normalized spacial score (nSPS) is 11.9. The van der Waals surface area contributed by atoms with Crippen LogP contribution in [0, 0.1) is 6.57 Å². The van der Waals surface area contributed by atoms with E-state index in [2.05, 4.69) is 30.1 Å². The molecular weight excluding hydrogens is 450 g/mol. The predicted octanol–water partition coefficient (Wildman–Crippen LogP) is 6.42. The van der Waals surface area contributed by atoms with Crippen LogP contribution >= 0.6 is 0 Å². The molecule has 0 aliphatic rings. The van der Waals surface area contributed by atoms with Gasteiger partial charge in [0.15, 0.2) is 5.65 Å². The zero-order valence-corrected chi connectivity index (χ0v) is 16.2. The van der Waals surface area contributed by atoms with Gasteiger partial charge in [-0.3, -0.25) is 4.98 Å². The van der Waals surface area contributed by atoms with Crippen molar-refractivity contribution in [3.63, 3.8) is 0 Å². The highest BCUT2D eigenvalue weighted by atomic mass is 19.4. The Hall–Kier alpha value is -4.27. The molecule has 0 aliphatic heterocycles. The smallest absolute Gasteiger partial charge is 0.340 e. The molecular formula is C21H10F6N6. The van der Waals surface area contributed by atoms with E-state index in [1.165, 1.54) is 24.4 Å². The van der Waals surface area contributed by atoms with Crippen molar-refractivity contribution >= 4 is 28.2 Å². The summed E-state index contributed by atoms with van der Waals surface area (Å²) >= 11 is 0. The van der Waals surface area contributed by atoms with Crippen LogP contribution in [0.15, 0.2) is 55.0 Å². The average Bonchev–Trinajstić information content (AvgIpc) is 2.77. The lowest BCUT2D eigenvalue weighted by atomic mass is 10.1. The lowest BCUT2D eigenvalue weighted by Gasteiger charge is -2.13. The number of hydrogen-bond donors (Lipinski definition) is 1. The van der Waals surface area contributed by atoms with E-state index in [1.54, 1.807) is 0 Å². The average molecular weight is 460 g/mol. The first-order valence-corrected chi connectivity index (χ1v) is 9.07. The molecule has 4 heterocycles. The lowest BCUT2D eigenvalue weighted by Crippen LogP contribution is -2.09. The van der Waals surface area contributed by atoms with Gasteiger partial charge < -0.3 is 5.32 Å². The maximum atomic E-state index is 13.5. The molecule has 0 bridgehead atoms. The SMILES string of the molecule is [C-]#[N+]c1cnc(-c2ccc3c(Nc4ccc(C(F)(F)F)cn4)ccnc3n2)c(C(F)(F)F)c1. The van der Waals surface area contributed by atoms with Crippen molar-refractivity contribution in [1.82, 2.24) is 19.9 Å². The lowest BCUT2D eigenvalue weighted by molar-refractivity contribution is -0.138. The van der Waals surface area contributed by atoms with E-state index in [4.69, 9.17) is 6.57 Å². The topological polar surface area (TPSA) is 68.0 Å². The summed E-state index contributed by atoms with van der Waals surface area (Å²) in [5, 5.41) is 3.25. The molecule has 0 saturated carbocycles. The summed E-state index contributed by atoms with van der Waals surface area (Å²) in [4.78, 5) is 18.7. The van der Waals surface area contributed by atoms with Crippen LogP contribution in [-0.2, 0) is 12.4 Å². The Kier molecular flexibility index (Phi) is 5.33. The van der Waals surface area contributed by atoms with Crippen LogP contribution in [0.25, 0.3) is 27.3 Å². The van der Waals surface area contributed by atoms with E-state index < -0.39 is 29.2 Å². The van der Waals surface area contributed by atoms with Gasteiger partial charge in [-0.25, -0.2) is 19.8 Å². The zero-order chi connectivity index (χ0) is 23.8. The van der Waals surface area contributed by atoms with Gasteiger partial charge in [0.25, 0.3) is 0 Å². The Balaban J connectivity index is 1.72. The second kappa shape index (κ2) is 8.01. The third kappa shape index (κ3) is 4.52. The van der Waals surface area contributed by atoms with Gasteiger partial charge in [-0.1, -0.05) is 0 Å². The molecule has 0 aromatic carbocycles. The van der Waals surface area contributed by atoms with Crippen molar-refractivity contribution in [2.45, 2.75) is 12.4 Å². The molecule has 4 rings (SSSR count). The highest BCUT2D eigenvalue weighted by molar-refractivity contribution is 5.91. The molecule has 0 spiro atoms. The summed E-state index contributed by atoms with van der Waals surface area (Å²) in [6.45, 7) is 6.91. The first-order valence-electron chi connectivity index (χ1n) is 9.07. The van der Waals surface area contributed by atoms with Crippen LogP contribution < -0.4 is 5.32 Å². The number of nitrogens with one attached hydrogen (secondary N) is 1. The molecule has 0 atom stereocenters. The van der Waals surface area contributed by atoms with E-state index in [-0.39, 0.29) is 22.8 Å². The van der Waals surface area contributed by atoms with Gasteiger partial charge in [-0.2, -0.15) is 26.3 Å². The maximum absolute atomic E-state index is 13.5. The summed E-state index contributed by atoms with van der Waals surface area (Å²) in [7, 11) is 0. The molecule has 6 nitrogen and oxygen atoms in total. The van der Waals surface area contributed by atoms with Gasteiger partial charge in [0.05, 0.1) is 34.8 Å². The maximum Gasteiger partial charge on any atom is 0.417 e. The van der Waals surface area contributed by atoms with Crippen LogP contribution in [0.2, 0.25) is 0 Å². The van der Waals surface area contributed by atoms with Gasteiger partial charge in [-0.05, 0) is 36.4 Å².